The van der Waals surface area contributed by atoms with E-state index in [1.807, 2.05) is 32.0 Å². The Labute approximate surface area is 116 Å². The smallest absolute Gasteiger partial charge is 0.230 e. The zero-order chi connectivity index (χ0) is 14.3. The maximum Gasteiger partial charge on any atom is 0.230 e. The van der Waals surface area contributed by atoms with Crippen LogP contribution in [0.25, 0.3) is 11.3 Å². The number of benzene rings is 1. The van der Waals surface area contributed by atoms with E-state index in [1.54, 1.807) is 12.1 Å². The van der Waals surface area contributed by atoms with Gasteiger partial charge >= 0.3 is 0 Å². The molecule has 1 amide bonds. The number of hydrogen-bond acceptors (Lipinski definition) is 3. The molecular weight excluding hydrogens is 254 g/mol. The van der Waals surface area contributed by atoms with Crippen molar-refractivity contribution in [2.75, 3.05) is 0 Å². The molecule has 0 fully saturated rings. The second-order valence-corrected chi connectivity index (χ2v) is 5.50. The number of amides is 1. The summed E-state index contributed by atoms with van der Waals surface area (Å²) in [5.74, 6) is 0.960. The first-order chi connectivity index (χ1) is 9.52. The number of fused-ring (bicyclic) bond motifs is 1. The van der Waals surface area contributed by atoms with Crippen LogP contribution < -0.4 is 5.32 Å². The van der Waals surface area contributed by atoms with Crippen LogP contribution in [-0.2, 0) is 16.8 Å². The standard InChI is InChI=1S/C16H15NO3/c1-16(2)13-7-10(14-6-5-12(9-18)20-14)3-4-11(13)8-17-15(16)19/h3-7,9H,8H2,1-2H3,(H,17,19). The van der Waals surface area contributed by atoms with Gasteiger partial charge in [-0.2, -0.15) is 0 Å². The molecule has 0 saturated carbocycles. The Bertz CT molecular complexity index is 697. The molecule has 2 heterocycles. The fourth-order valence-corrected chi connectivity index (χ4v) is 2.56. The van der Waals surface area contributed by atoms with Gasteiger partial charge in [-0.25, -0.2) is 0 Å². The van der Waals surface area contributed by atoms with Gasteiger partial charge < -0.3 is 9.73 Å². The van der Waals surface area contributed by atoms with Crippen LogP contribution in [0.4, 0.5) is 0 Å². The van der Waals surface area contributed by atoms with Crippen LogP contribution in [0, 0.1) is 0 Å². The zero-order valence-electron chi connectivity index (χ0n) is 11.4. The molecule has 0 saturated heterocycles. The normalized spacial score (nSPS) is 16.4. The van der Waals surface area contributed by atoms with Gasteiger partial charge in [-0.15, -0.1) is 0 Å². The highest BCUT2D eigenvalue weighted by Crippen LogP contribution is 2.34. The molecule has 1 N–H and O–H groups in total. The first-order valence-corrected chi connectivity index (χ1v) is 6.49. The van der Waals surface area contributed by atoms with Crippen molar-refractivity contribution < 1.29 is 14.0 Å². The summed E-state index contributed by atoms with van der Waals surface area (Å²) in [5.41, 5.74) is 2.42. The van der Waals surface area contributed by atoms with Crippen LogP contribution in [0.3, 0.4) is 0 Å². The Balaban J connectivity index is 2.10. The molecule has 4 heteroatoms. The molecule has 3 rings (SSSR count). The van der Waals surface area contributed by atoms with Gasteiger partial charge in [0.1, 0.15) is 5.76 Å². The highest BCUT2D eigenvalue weighted by Gasteiger charge is 2.35. The van der Waals surface area contributed by atoms with E-state index in [2.05, 4.69) is 5.32 Å². The Kier molecular flexibility index (Phi) is 2.74. The summed E-state index contributed by atoms with van der Waals surface area (Å²) < 4.78 is 5.44. The average Bonchev–Trinajstić information content (AvgIpc) is 2.92. The Morgan fingerprint density at radius 3 is 2.75 bits per heavy atom. The molecule has 0 radical (unpaired) electrons. The van der Waals surface area contributed by atoms with Crippen LogP contribution in [0.15, 0.2) is 34.7 Å². The van der Waals surface area contributed by atoms with Crippen molar-refractivity contribution in [3.63, 3.8) is 0 Å². The molecule has 0 bridgehead atoms. The van der Waals surface area contributed by atoms with E-state index in [0.29, 0.717) is 24.4 Å². The van der Waals surface area contributed by atoms with Crippen molar-refractivity contribution in [2.45, 2.75) is 25.8 Å². The predicted octanol–water partition coefficient (Wildman–Crippen LogP) is 2.67. The number of aldehydes is 1. The molecule has 1 aromatic heterocycles. The SMILES string of the molecule is CC1(C)C(=O)NCc2ccc(-c3ccc(C=O)o3)cc21. The van der Waals surface area contributed by atoms with E-state index in [0.717, 1.165) is 16.7 Å². The van der Waals surface area contributed by atoms with Gasteiger partial charge in [0, 0.05) is 12.1 Å². The van der Waals surface area contributed by atoms with E-state index in [-0.39, 0.29) is 5.91 Å². The van der Waals surface area contributed by atoms with Gasteiger partial charge in [-0.1, -0.05) is 12.1 Å². The number of carbonyl (C=O) groups excluding carboxylic acids is 2. The lowest BCUT2D eigenvalue weighted by molar-refractivity contribution is -0.126. The third-order valence-electron chi connectivity index (χ3n) is 3.82. The van der Waals surface area contributed by atoms with Crippen molar-refractivity contribution in [2.24, 2.45) is 0 Å². The molecule has 0 atom stereocenters. The summed E-state index contributed by atoms with van der Waals surface area (Å²) in [6, 6.07) is 9.32. The van der Waals surface area contributed by atoms with Gasteiger partial charge in [0.05, 0.1) is 5.41 Å². The molecule has 20 heavy (non-hydrogen) atoms. The van der Waals surface area contributed by atoms with Crippen LogP contribution in [0.5, 0.6) is 0 Å². The van der Waals surface area contributed by atoms with Crippen LogP contribution in [0.1, 0.15) is 35.5 Å². The van der Waals surface area contributed by atoms with E-state index in [1.165, 1.54) is 0 Å². The van der Waals surface area contributed by atoms with E-state index in [9.17, 15) is 9.59 Å². The number of hydrogen-bond donors (Lipinski definition) is 1. The molecule has 0 aliphatic carbocycles. The molecule has 4 nitrogen and oxygen atoms in total. The topological polar surface area (TPSA) is 59.3 Å². The molecule has 1 aromatic carbocycles. The minimum absolute atomic E-state index is 0.0233. The lowest BCUT2D eigenvalue weighted by atomic mass is 9.77. The van der Waals surface area contributed by atoms with Crippen LogP contribution >= 0.6 is 0 Å². The van der Waals surface area contributed by atoms with E-state index >= 15 is 0 Å². The lowest BCUT2D eigenvalue weighted by Crippen LogP contribution is -2.44. The Morgan fingerprint density at radius 1 is 1.25 bits per heavy atom. The van der Waals surface area contributed by atoms with Crippen molar-refractivity contribution in [1.29, 1.82) is 0 Å². The lowest BCUT2D eigenvalue weighted by Gasteiger charge is -2.32. The molecule has 102 valence electrons. The van der Waals surface area contributed by atoms with E-state index < -0.39 is 5.41 Å². The highest BCUT2D eigenvalue weighted by molar-refractivity contribution is 5.89. The molecule has 0 spiro atoms. The minimum atomic E-state index is -0.566. The number of furan rings is 1. The predicted molar refractivity (Wildman–Crippen MR) is 74.4 cm³/mol. The first kappa shape index (κ1) is 12.7. The second kappa shape index (κ2) is 4.34. The second-order valence-electron chi connectivity index (χ2n) is 5.50. The molecule has 2 aromatic rings. The molecular formula is C16H15NO3. The van der Waals surface area contributed by atoms with Crippen molar-refractivity contribution in [1.82, 2.24) is 5.32 Å². The summed E-state index contributed by atoms with van der Waals surface area (Å²) in [6.07, 6.45) is 0.680. The number of carbonyl (C=O) groups is 2. The zero-order valence-corrected chi connectivity index (χ0v) is 11.4. The molecule has 1 aliphatic rings. The quantitative estimate of drug-likeness (QED) is 0.853. The van der Waals surface area contributed by atoms with Gasteiger partial charge in [-0.3, -0.25) is 9.59 Å². The average molecular weight is 269 g/mol. The maximum absolute atomic E-state index is 12.0. The monoisotopic (exact) mass is 269 g/mol. The minimum Gasteiger partial charge on any atom is -0.453 e. The number of rotatable bonds is 2. The van der Waals surface area contributed by atoms with Gasteiger partial charge in [0.25, 0.3) is 0 Å². The highest BCUT2D eigenvalue weighted by atomic mass is 16.3. The Morgan fingerprint density at radius 2 is 2.05 bits per heavy atom. The summed E-state index contributed by atoms with van der Waals surface area (Å²) in [5, 5.41) is 2.89. The summed E-state index contributed by atoms with van der Waals surface area (Å²) in [6.45, 7) is 4.36. The fourth-order valence-electron chi connectivity index (χ4n) is 2.56. The summed E-state index contributed by atoms with van der Waals surface area (Å²) in [7, 11) is 0. The third-order valence-corrected chi connectivity index (χ3v) is 3.82. The van der Waals surface area contributed by atoms with Crippen LogP contribution in [-0.4, -0.2) is 12.2 Å². The molecule has 0 unspecified atom stereocenters. The van der Waals surface area contributed by atoms with Crippen LogP contribution in [0.2, 0.25) is 0 Å². The first-order valence-electron chi connectivity index (χ1n) is 6.49. The largest absolute Gasteiger partial charge is 0.453 e. The van der Waals surface area contributed by atoms with Crippen molar-refractivity contribution >= 4 is 12.2 Å². The van der Waals surface area contributed by atoms with E-state index in [4.69, 9.17) is 4.42 Å². The summed E-state index contributed by atoms with van der Waals surface area (Å²) >= 11 is 0. The van der Waals surface area contributed by atoms with Gasteiger partial charge in [-0.05, 0) is 43.2 Å². The van der Waals surface area contributed by atoms with Gasteiger partial charge in [0.2, 0.25) is 5.91 Å². The third kappa shape index (κ3) is 1.84. The Hall–Kier alpha value is -2.36. The van der Waals surface area contributed by atoms with Crippen molar-refractivity contribution in [3.8, 4) is 11.3 Å². The number of nitrogens with one attached hydrogen (secondary N) is 1. The fraction of sp³-hybridized carbons (Fsp3) is 0.250. The molecule has 1 aliphatic heterocycles. The van der Waals surface area contributed by atoms with Crippen molar-refractivity contribution in [3.05, 3.63) is 47.2 Å². The summed E-state index contributed by atoms with van der Waals surface area (Å²) in [4.78, 5) is 22.7. The maximum atomic E-state index is 12.0. The van der Waals surface area contributed by atoms with Gasteiger partial charge in [0.15, 0.2) is 12.0 Å².